The Kier molecular flexibility index (Phi) is 6.73. The van der Waals surface area contributed by atoms with E-state index in [1.165, 1.54) is 32.4 Å². The maximum atomic E-state index is 6.20. The molecule has 8 nitrogen and oxygen atoms in total. The number of rotatable bonds is 8. The quantitative estimate of drug-likeness (QED) is 0.311. The Balaban J connectivity index is 1.04. The fourth-order valence-electron chi connectivity index (χ4n) is 5.09. The summed E-state index contributed by atoms with van der Waals surface area (Å²) in [7, 11) is 1.65. The number of methoxy groups -OCH3 is 1. The number of hydrogen-bond acceptors (Lipinski definition) is 8. The molecule has 8 heteroatoms. The summed E-state index contributed by atoms with van der Waals surface area (Å²) in [6.45, 7) is 2.51. The molecule has 0 spiro atoms. The van der Waals surface area contributed by atoms with E-state index in [-0.39, 0.29) is 0 Å². The standard InChI is InChI=1S/C29H32N6O2/c1-36-25-8-5-20-15-22(19-31-27(20)18-25)32-28-11-12-30-29(34-28)33-21-6-9-24(10-7-21)37-26-16-23(17-26)35-13-3-2-4-14-35/h5-12,15,18-19,23,26H,2-4,13-14,16-17H2,1H3,(H2,30,32,33,34). The number of likely N-dealkylation sites (tertiary alicyclic amines) is 1. The maximum absolute atomic E-state index is 6.20. The SMILES string of the molecule is COc1ccc2cc(Nc3ccnc(Nc4ccc(OC5CC(N6CCCCC6)C5)cc4)n3)cnc2c1. The van der Waals surface area contributed by atoms with Crippen LogP contribution < -0.4 is 20.1 Å². The summed E-state index contributed by atoms with van der Waals surface area (Å²) in [6.07, 6.45) is 10.2. The normalized spacial score (nSPS) is 19.7. The van der Waals surface area contributed by atoms with E-state index >= 15 is 0 Å². The van der Waals surface area contributed by atoms with E-state index < -0.39 is 0 Å². The zero-order chi connectivity index (χ0) is 25.0. The van der Waals surface area contributed by atoms with Gasteiger partial charge in [-0.05, 0) is 74.5 Å². The lowest BCUT2D eigenvalue weighted by atomic mass is 9.86. The van der Waals surface area contributed by atoms with Gasteiger partial charge in [0.1, 0.15) is 23.4 Å². The highest BCUT2D eigenvalue weighted by molar-refractivity contribution is 5.83. The van der Waals surface area contributed by atoms with Gasteiger partial charge >= 0.3 is 0 Å². The number of pyridine rings is 1. The lowest BCUT2D eigenvalue weighted by Crippen LogP contribution is -2.50. The summed E-state index contributed by atoms with van der Waals surface area (Å²) in [5, 5.41) is 7.61. The van der Waals surface area contributed by atoms with Crippen LogP contribution in [0.25, 0.3) is 10.9 Å². The van der Waals surface area contributed by atoms with Crippen molar-refractivity contribution < 1.29 is 9.47 Å². The van der Waals surface area contributed by atoms with Crippen molar-refractivity contribution in [3.05, 3.63) is 67.0 Å². The molecule has 4 aromatic rings. The molecule has 1 aliphatic heterocycles. The first-order valence-corrected chi connectivity index (χ1v) is 13.0. The van der Waals surface area contributed by atoms with Gasteiger partial charge in [-0.25, -0.2) is 4.98 Å². The second kappa shape index (κ2) is 10.6. The summed E-state index contributed by atoms with van der Waals surface area (Å²) in [5.41, 5.74) is 2.63. The predicted octanol–water partition coefficient (Wildman–Crippen LogP) is 5.92. The number of aromatic nitrogens is 3. The van der Waals surface area contributed by atoms with Gasteiger partial charge in [-0.15, -0.1) is 0 Å². The van der Waals surface area contributed by atoms with E-state index in [0.29, 0.717) is 23.9 Å². The first-order chi connectivity index (χ1) is 18.2. The second-order valence-electron chi connectivity index (χ2n) is 9.78. The topological polar surface area (TPSA) is 84.4 Å². The lowest BCUT2D eigenvalue weighted by molar-refractivity contribution is 0.00893. The Morgan fingerprint density at radius 2 is 1.65 bits per heavy atom. The van der Waals surface area contributed by atoms with Crippen molar-refractivity contribution in [2.24, 2.45) is 0 Å². The predicted molar refractivity (Wildman–Crippen MR) is 146 cm³/mol. The van der Waals surface area contributed by atoms with Crippen LogP contribution in [0.4, 0.5) is 23.1 Å². The molecule has 0 unspecified atom stereocenters. The molecule has 0 atom stereocenters. The van der Waals surface area contributed by atoms with Crippen LogP contribution in [0, 0.1) is 0 Å². The minimum absolute atomic E-state index is 0.323. The van der Waals surface area contributed by atoms with Crippen molar-refractivity contribution in [1.29, 1.82) is 0 Å². The molecule has 1 saturated carbocycles. The highest BCUT2D eigenvalue weighted by Crippen LogP contribution is 2.32. The van der Waals surface area contributed by atoms with Gasteiger partial charge in [0, 0.05) is 42.2 Å². The third-order valence-electron chi connectivity index (χ3n) is 7.21. The number of nitrogens with one attached hydrogen (secondary N) is 2. The van der Waals surface area contributed by atoms with Gasteiger partial charge in [-0.3, -0.25) is 4.98 Å². The van der Waals surface area contributed by atoms with Gasteiger partial charge < -0.3 is 25.0 Å². The van der Waals surface area contributed by atoms with Crippen LogP contribution in [0.5, 0.6) is 11.5 Å². The van der Waals surface area contributed by atoms with Gasteiger partial charge in [-0.1, -0.05) is 6.42 Å². The summed E-state index contributed by atoms with van der Waals surface area (Å²) in [5.74, 6) is 2.89. The summed E-state index contributed by atoms with van der Waals surface area (Å²) in [4.78, 5) is 16.1. The van der Waals surface area contributed by atoms with Crippen LogP contribution in [-0.4, -0.2) is 52.2 Å². The van der Waals surface area contributed by atoms with Gasteiger partial charge in [0.05, 0.1) is 24.5 Å². The van der Waals surface area contributed by atoms with Crippen molar-refractivity contribution in [1.82, 2.24) is 19.9 Å². The molecular weight excluding hydrogens is 464 g/mol. The Morgan fingerprint density at radius 1 is 0.838 bits per heavy atom. The number of piperidine rings is 1. The number of fused-ring (bicyclic) bond motifs is 1. The Labute approximate surface area is 217 Å². The monoisotopic (exact) mass is 496 g/mol. The number of anilines is 4. The van der Waals surface area contributed by atoms with Gasteiger partial charge in [-0.2, -0.15) is 4.98 Å². The molecule has 2 fully saturated rings. The second-order valence-corrected chi connectivity index (χ2v) is 9.78. The molecule has 1 saturated heterocycles. The van der Waals surface area contributed by atoms with E-state index in [1.54, 1.807) is 19.5 Å². The van der Waals surface area contributed by atoms with Gasteiger partial charge in [0.15, 0.2) is 0 Å². The zero-order valence-corrected chi connectivity index (χ0v) is 21.1. The molecule has 2 aliphatic rings. The maximum Gasteiger partial charge on any atom is 0.229 e. The van der Waals surface area contributed by atoms with Crippen LogP contribution in [0.3, 0.4) is 0 Å². The van der Waals surface area contributed by atoms with E-state index in [4.69, 9.17) is 9.47 Å². The Hall–Kier alpha value is -3.91. The molecule has 6 rings (SSSR count). The van der Waals surface area contributed by atoms with Crippen molar-refractivity contribution in [3.63, 3.8) is 0 Å². The molecule has 0 bridgehead atoms. The van der Waals surface area contributed by atoms with Crippen LogP contribution in [0.15, 0.2) is 67.0 Å². The molecule has 190 valence electrons. The number of ether oxygens (including phenoxy) is 2. The van der Waals surface area contributed by atoms with Crippen molar-refractivity contribution in [2.45, 2.75) is 44.2 Å². The minimum atomic E-state index is 0.323. The zero-order valence-electron chi connectivity index (χ0n) is 21.1. The number of benzene rings is 2. The summed E-state index contributed by atoms with van der Waals surface area (Å²) in [6, 6.07) is 18.4. The molecule has 0 amide bonds. The third kappa shape index (κ3) is 5.59. The molecule has 2 N–H and O–H groups in total. The van der Waals surface area contributed by atoms with E-state index in [9.17, 15) is 0 Å². The van der Waals surface area contributed by atoms with Crippen LogP contribution >= 0.6 is 0 Å². The Bertz CT molecular complexity index is 1350. The molecular formula is C29H32N6O2. The highest BCUT2D eigenvalue weighted by atomic mass is 16.5. The molecule has 37 heavy (non-hydrogen) atoms. The lowest BCUT2D eigenvalue weighted by Gasteiger charge is -2.44. The van der Waals surface area contributed by atoms with Crippen LogP contribution in [0.2, 0.25) is 0 Å². The smallest absolute Gasteiger partial charge is 0.229 e. The summed E-state index contributed by atoms with van der Waals surface area (Å²) < 4.78 is 11.5. The van der Waals surface area contributed by atoms with E-state index in [0.717, 1.165) is 46.6 Å². The largest absolute Gasteiger partial charge is 0.497 e. The third-order valence-corrected chi connectivity index (χ3v) is 7.21. The molecule has 3 heterocycles. The fraction of sp³-hybridized carbons (Fsp3) is 0.345. The van der Waals surface area contributed by atoms with E-state index in [1.807, 2.05) is 54.6 Å². The van der Waals surface area contributed by atoms with Crippen LogP contribution in [-0.2, 0) is 0 Å². The average Bonchev–Trinajstić information content (AvgIpc) is 2.92. The van der Waals surface area contributed by atoms with Crippen LogP contribution in [0.1, 0.15) is 32.1 Å². The van der Waals surface area contributed by atoms with Gasteiger partial charge in [0.2, 0.25) is 5.95 Å². The fourth-order valence-corrected chi connectivity index (χ4v) is 5.09. The van der Waals surface area contributed by atoms with Crippen molar-refractivity contribution in [2.75, 3.05) is 30.8 Å². The van der Waals surface area contributed by atoms with Crippen molar-refractivity contribution >= 4 is 34.0 Å². The van der Waals surface area contributed by atoms with E-state index in [2.05, 4.69) is 30.5 Å². The average molecular weight is 497 g/mol. The molecule has 0 radical (unpaired) electrons. The molecule has 2 aromatic carbocycles. The minimum Gasteiger partial charge on any atom is -0.497 e. The van der Waals surface area contributed by atoms with Gasteiger partial charge in [0.25, 0.3) is 0 Å². The van der Waals surface area contributed by atoms with Crippen molar-refractivity contribution in [3.8, 4) is 11.5 Å². The molecule has 1 aliphatic carbocycles. The number of hydrogen-bond donors (Lipinski definition) is 2. The number of nitrogens with zero attached hydrogens (tertiary/aromatic N) is 4. The first-order valence-electron chi connectivity index (χ1n) is 13.0. The highest BCUT2D eigenvalue weighted by Gasteiger charge is 2.35. The first kappa shape index (κ1) is 23.5. The Morgan fingerprint density at radius 3 is 2.46 bits per heavy atom. The summed E-state index contributed by atoms with van der Waals surface area (Å²) >= 11 is 0. The molecule has 2 aromatic heterocycles.